The summed E-state index contributed by atoms with van der Waals surface area (Å²) in [4.78, 5) is 6.53. The molecular weight excluding hydrogens is 258 g/mol. The molecule has 20 heavy (non-hydrogen) atoms. The van der Waals surface area contributed by atoms with E-state index in [2.05, 4.69) is 25.3 Å². The molecule has 3 rings (SSSR count). The summed E-state index contributed by atoms with van der Waals surface area (Å²) in [7, 11) is 0. The summed E-state index contributed by atoms with van der Waals surface area (Å²) in [6, 6.07) is 0. The van der Waals surface area contributed by atoms with Gasteiger partial charge >= 0.3 is 0 Å². The van der Waals surface area contributed by atoms with Crippen LogP contribution < -0.4 is 0 Å². The SMILES string of the molecule is Cc1nc(CN2CCC[C@@](O)(c3cn[nH]n3)C2)oc1C. The van der Waals surface area contributed by atoms with E-state index in [1.54, 1.807) is 6.20 Å². The standard InChI is InChI=1S/C13H19N5O2/c1-9-10(2)20-12(15-9)7-18-5-3-4-13(19,8-18)11-6-14-17-16-11/h6,19H,3-5,7-8H2,1-2H3,(H,14,16,17)/t13-/m0/s1. The Labute approximate surface area is 117 Å². The van der Waals surface area contributed by atoms with Gasteiger partial charge in [-0.25, -0.2) is 4.98 Å². The van der Waals surface area contributed by atoms with E-state index in [4.69, 9.17) is 4.42 Å². The van der Waals surface area contributed by atoms with Crippen molar-refractivity contribution in [1.82, 2.24) is 25.3 Å². The fourth-order valence-corrected chi connectivity index (χ4v) is 2.69. The molecule has 1 aliphatic rings. The fraction of sp³-hybridized carbons (Fsp3) is 0.615. The normalized spacial score (nSPS) is 24.1. The van der Waals surface area contributed by atoms with Crippen LogP contribution in [0, 0.1) is 13.8 Å². The topological polar surface area (TPSA) is 91.1 Å². The second-order valence-electron chi connectivity index (χ2n) is 5.45. The maximum absolute atomic E-state index is 10.7. The molecule has 0 aliphatic carbocycles. The third-order valence-electron chi connectivity index (χ3n) is 3.87. The number of likely N-dealkylation sites (tertiary alicyclic amines) is 1. The molecule has 1 fully saturated rings. The molecule has 7 nitrogen and oxygen atoms in total. The van der Waals surface area contributed by atoms with Crippen molar-refractivity contribution < 1.29 is 9.52 Å². The highest BCUT2D eigenvalue weighted by Crippen LogP contribution is 2.30. The largest absolute Gasteiger partial charge is 0.444 e. The van der Waals surface area contributed by atoms with E-state index in [9.17, 15) is 5.11 Å². The Balaban J connectivity index is 1.72. The predicted octanol–water partition coefficient (Wildman–Crippen LogP) is 0.893. The van der Waals surface area contributed by atoms with Crippen molar-refractivity contribution in [1.29, 1.82) is 0 Å². The average Bonchev–Trinajstić information content (AvgIpc) is 3.01. The number of piperidine rings is 1. The van der Waals surface area contributed by atoms with Crippen LogP contribution in [-0.4, -0.2) is 43.5 Å². The zero-order chi connectivity index (χ0) is 14.2. The Bertz CT molecular complexity index is 560. The summed E-state index contributed by atoms with van der Waals surface area (Å²) in [5.41, 5.74) is 0.577. The first-order chi connectivity index (χ1) is 9.57. The van der Waals surface area contributed by atoms with Crippen LogP contribution in [0.3, 0.4) is 0 Å². The number of oxazole rings is 1. The van der Waals surface area contributed by atoms with Gasteiger partial charge in [-0.3, -0.25) is 4.90 Å². The van der Waals surface area contributed by atoms with Crippen LogP contribution in [0.4, 0.5) is 0 Å². The van der Waals surface area contributed by atoms with Gasteiger partial charge in [-0.15, -0.1) is 0 Å². The average molecular weight is 277 g/mol. The van der Waals surface area contributed by atoms with E-state index >= 15 is 0 Å². The van der Waals surface area contributed by atoms with Crippen molar-refractivity contribution in [3.8, 4) is 0 Å². The first kappa shape index (κ1) is 13.3. The van der Waals surface area contributed by atoms with E-state index in [0.717, 1.165) is 24.4 Å². The smallest absolute Gasteiger partial charge is 0.208 e. The molecule has 0 saturated carbocycles. The number of H-pyrrole nitrogens is 1. The molecule has 3 heterocycles. The highest BCUT2D eigenvalue weighted by Gasteiger charge is 2.37. The molecule has 0 radical (unpaired) electrons. The van der Waals surface area contributed by atoms with E-state index in [1.807, 2.05) is 13.8 Å². The van der Waals surface area contributed by atoms with Crippen LogP contribution in [-0.2, 0) is 12.1 Å². The summed E-state index contributed by atoms with van der Waals surface area (Å²) in [6.07, 6.45) is 3.19. The number of hydrogen-bond acceptors (Lipinski definition) is 6. The fourth-order valence-electron chi connectivity index (χ4n) is 2.69. The van der Waals surface area contributed by atoms with E-state index < -0.39 is 5.60 Å². The van der Waals surface area contributed by atoms with Crippen molar-refractivity contribution in [2.75, 3.05) is 13.1 Å². The molecule has 2 aromatic rings. The number of nitrogens with zero attached hydrogens (tertiary/aromatic N) is 4. The summed E-state index contributed by atoms with van der Waals surface area (Å²) < 4.78 is 5.61. The first-order valence-corrected chi connectivity index (χ1v) is 6.81. The summed E-state index contributed by atoms with van der Waals surface area (Å²) in [5, 5.41) is 21.1. The lowest BCUT2D eigenvalue weighted by Gasteiger charge is -2.37. The van der Waals surface area contributed by atoms with Crippen molar-refractivity contribution in [2.24, 2.45) is 0 Å². The van der Waals surface area contributed by atoms with Crippen molar-refractivity contribution >= 4 is 0 Å². The van der Waals surface area contributed by atoms with Gasteiger partial charge in [0.1, 0.15) is 17.1 Å². The van der Waals surface area contributed by atoms with Crippen LogP contribution in [0.15, 0.2) is 10.6 Å². The number of nitrogens with one attached hydrogen (secondary N) is 1. The molecule has 108 valence electrons. The molecule has 2 N–H and O–H groups in total. The number of hydrogen-bond donors (Lipinski definition) is 2. The second-order valence-corrected chi connectivity index (χ2v) is 5.45. The van der Waals surface area contributed by atoms with Gasteiger partial charge in [0.2, 0.25) is 5.89 Å². The third-order valence-corrected chi connectivity index (χ3v) is 3.87. The van der Waals surface area contributed by atoms with Crippen LogP contribution in [0.1, 0.15) is 35.9 Å². The molecule has 0 amide bonds. The van der Waals surface area contributed by atoms with Crippen LogP contribution in [0.5, 0.6) is 0 Å². The monoisotopic (exact) mass is 277 g/mol. The molecule has 0 aromatic carbocycles. The van der Waals surface area contributed by atoms with Gasteiger partial charge in [-0.2, -0.15) is 15.4 Å². The van der Waals surface area contributed by atoms with E-state index in [0.29, 0.717) is 31.1 Å². The van der Waals surface area contributed by atoms with Crippen LogP contribution in [0.2, 0.25) is 0 Å². The zero-order valence-electron chi connectivity index (χ0n) is 11.8. The molecule has 1 aliphatic heterocycles. The lowest BCUT2D eigenvalue weighted by atomic mass is 9.90. The molecule has 0 spiro atoms. The van der Waals surface area contributed by atoms with Gasteiger partial charge in [0, 0.05) is 6.54 Å². The Kier molecular flexibility index (Phi) is 3.31. The molecule has 7 heteroatoms. The Morgan fingerprint density at radius 1 is 1.50 bits per heavy atom. The number of aliphatic hydroxyl groups is 1. The lowest BCUT2D eigenvalue weighted by Crippen LogP contribution is -2.46. The Morgan fingerprint density at radius 3 is 3.00 bits per heavy atom. The summed E-state index contributed by atoms with van der Waals surface area (Å²) in [6.45, 7) is 5.88. The number of β-amino-alcohol motifs (C(OH)–C–C–N with tert-alkyl or cyclic N) is 1. The van der Waals surface area contributed by atoms with Gasteiger partial charge in [0.25, 0.3) is 0 Å². The van der Waals surface area contributed by atoms with Crippen molar-refractivity contribution in [3.63, 3.8) is 0 Å². The van der Waals surface area contributed by atoms with Gasteiger partial charge in [0.05, 0.1) is 18.4 Å². The zero-order valence-corrected chi connectivity index (χ0v) is 11.8. The quantitative estimate of drug-likeness (QED) is 0.866. The van der Waals surface area contributed by atoms with Gasteiger partial charge in [-0.1, -0.05) is 0 Å². The number of aryl methyl sites for hydroxylation is 2. The maximum atomic E-state index is 10.7. The molecule has 1 atom stereocenters. The van der Waals surface area contributed by atoms with Gasteiger partial charge in [-0.05, 0) is 33.2 Å². The minimum absolute atomic E-state index is 0.514. The third kappa shape index (κ3) is 2.46. The summed E-state index contributed by atoms with van der Waals surface area (Å²) >= 11 is 0. The Hall–Kier alpha value is -1.73. The number of rotatable bonds is 3. The highest BCUT2D eigenvalue weighted by atomic mass is 16.4. The molecule has 1 saturated heterocycles. The minimum atomic E-state index is -0.943. The van der Waals surface area contributed by atoms with Crippen molar-refractivity contribution in [3.05, 3.63) is 29.2 Å². The first-order valence-electron chi connectivity index (χ1n) is 6.81. The predicted molar refractivity (Wildman–Crippen MR) is 70.8 cm³/mol. The number of aromatic amines is 1. The summed E-state index contributed by atoms with van der Waals surface area (Å²) in [5.74, 6) is 1.55. The van der Waals surface area contributed by atoms with Crippen LogP contribution >= 0.6 is 0 Å². The van der Waals surface area contributed by atoms with E-state index in [1.165, 1.54) is 0 Å². The van der Waals surface area contributed by atoms with Crippen LogP contribution in [0.25, 0.3) is 0 Å². The Morgan fingerprint density at radius 2 is 2.35 bits per heavy atom. The maximum Gasteiger partial charge on any atom is 0.208 e. The second kappa shape index (κ2) is 4.99. The number of aromatic nitrogens is 4. The lowest BCUT2D eigenvalue weighted by molar-refractivity contribution is -0.0433. The van der Waals surface area contributed by atoms with Crippen molar-refractivity contribution in [2.45, 2.75) is 38.8 Å². The molecular formula is C13H19N5O2. The molecule has 2 aromatic heterocycles. The van der Waals surface area contributed by atoms with Gasteiger partial charge in [0.15, 0.2) is 0 Å². The minimum Gasteiger partial charge on any atom is -0.444 e. The van der Waals surface area contributed by atoms with Gasteiger partial charge < -0.3 is 9.52 Å². The van der Waals surface area contributed by atoms with E-state index in [-0.39, 0.29) is 0 Å². The molecule has 0 unspecified atom stereocenters. The highest BCUT2D eigenvalue weighted by molar-refractivity contribution is 5.09. The molecule has 0 bridgehead atoms.